The molecule has 33 heavy (non-hydrogen) atoms. The van der Waals surface area contributed by atoms with E-state index < -0.39 is 61.9 Å². The number of rotatable bonds is 9. The molecule has 0 spiro atoms. The molecule has 2 heterocycles. The van der Waals surface area contributed by atoms with Crippen molar-refractivity contribution in [3.63, 3.8) is 0 Å². The van der Waals surface area contributed by atoms with Gasteiger partial charge in [0.1, 0.15) is 42.7 Å². The summed E-state index contributed by atoms with van der Waals surface area (Å²) in [7, 11) is 1.43. The van der Waals surface area contributed by atoms with Crippen LogP contribution in [0.1, 0.15) is 5.56 Å². The highest BCUT2D eigenvalue weighted by Crippen LogP contribution is 2.28. The molecule has 9 atom stereocenters. The summed E-state index contributed by atoms with van der Waals surface area (Å²) in [5.41, 5.74) is 0.721. The number of phenolic OH excluding ortho intramolecular Hbond substituents is 1. The minimum atomic E-state index is -1.59. The Morgan fingerprint density at radius 3 is 2.18 bits per heavy atom. The molecule has 1 aromatic carbocycles. The van der Waals surface area contributed by atoms with Crippen LogP contribution in [0.5, 0.6) is 11.5 Å². The first-order valence-electron chi connectivity index (χ1n) is 10.4. The summed E-state index contributed by atoms with van der Waals surface area (Å²) in [4.78, 5) is 0. The van der Waals surface area contributed by atoms with Gasteiger partial charge in [0.15, 0.2) is 24.1 Å². The van der Waals surface area contributed by atoms with E-state index in [2.05, 4.69) is 0 Å². The van der Waals surface area contributed by atoms with E-state index in [1.165, 1.54) is 13.2 Å². The van der Waals surface area contributed by atoms with E-state index in [0.717, 1.165) is 5.56 Å². The Bertz CT molecular complexity index is 789. The van der Waals surface area contributed by atoms with E-state index in [0.29, 0.717) is 5.75 Å². The van der Waals surface area contributed by atoms with Gasteiger partial charge in [-0.2, -0.15) is 0 Å². The topological polar surface area (TPSA) is 188 Å². The van der Waals surface area contributed by atoms with Crippen LogP contribution in [0, 0.1) is 0 Å². The van der Waals surface area contributed by atoms with Gasteiger partial charge in [0, 0.05) is 0 Å². The zero-order valence-corrected chi connectivity index (χ0v) is 17.9. The molecular formula is C21H30O12. The van der Waals surface area contributed by atoms with Crippen LogP contribution >= 0.6 is 0 Å². The van der Waals surface area contributed by atoms with Gasteiger partial charge in [-0.25, -0.2) is 0 Å². The van der Waals surface area contributed by atoms with Crippen LogP contribution in [0.3, 0.4) is 0 Å². The van der Waals surface area contributed by atoms with Crippen LogP contribution < -0.4 is 4.74 Å². The number of aromatic hydroxyl groups is 1. The van der Waals surface area contributed by atoms with Gasteiger partial charge in [-0.1, -0.05) is 18.2 Å². The van der Waals surface area contributed by atoms with E-state index in [1.54, 1.807) is 24.3 Å². The second kappa shape index (κ2) is 11.5. The molecule has 2 aliphatic rings. The van der Waals surface area contributed by atoms with Gasteiger partial charge in [-0.3, -0.25) is 0 Å². The fraction of sp³-hybridized carbons (Fsp3) is 0.619. The summed E-state index contributed by atoms with van der Waals surface area (Å²) in [6.07, 6.45) is -8.84. The quantitative estimate of drug-likeness (QED) is 0.203. The molecule has 0 amide bonds. The van der Waals surface area contributed by atoms with E-state index >= 15 is 0 Å². The third-order valence-electron chi connectivity index (χ3n) is 5.46. The van der Waals surface area contributed by atoms with Gasteiger partial charge in [0.2, 0.25) is 0 Å². The summed E-state index contributed by atoms with van der Waals surface area (Å²) < 4.78 is 26.6. The van der Waals surface area contributed by atoms with E-state index in [4.69, 9.17) is 28.8 Å². The zero-order valence-electron chi connectivity index (χ0n) is 17.9. The molecule has 3 rings (SSSR count). The normalized spacial score (nSPS) is 37.0. The second-order valence-electron chi connectivity index (χ2n) is 7.72. The van der Waals surface area contributed by atoms with Gasteiger partial charge < -0.3 is 59.4 Å². The lowest BCUT2D eigenvalue weighted by Crippen LogP contribution is -2.59. The van der Waals surface area contributed by atoms with Crippen molar-refractivity contribution < 1.29 is 59.4 Å². The first kappa shape index (κ1) is 25.8. The van der Waals surface area contributed by atoms with Gasteiger partial charge in [0.25, 0.3) is 0 Å². The van der Waals surface area contributed by atoms with Crippen molar-refractivity contribution in [2.45, 2.75) is 55.3 Å². The average molecular weight is 474 g/mol. The SMILES string of the molecule is COc1cc(C=CCOC2OC(COC3OC(CO)C(O)C3O)C(O)C(O)C2O)ccc1O. The Hall–Kier alpha value is -1.84. The first-order chi connectivity index (χ1) is 15.8. The lowest BCUT2D eigenvalue weighted by molar-refractivity contribution is -0.307. The Morgan fingerprint density at radius 1 is 0.879 bits per heavy atom. The molecule has 0 aliphatic carbocycles. The maximum absolute atomic E-state index is 10.2. The summed E-state index contributed by atoms with van der Waals surface area (Å²) in [6.45, 7) is -0.900. The van der Waals surface area contributed by atoms with Crippen LogP contribution in [-0.4, -0.2) is 118 Å². The number of benzene rings is 1. The Kier molecular flexibility index (Phi) is 9.01. The molecule has 12 heteroatoms. The number of ether oxygens (including phenoxy) is 5. The fourth-order valence-corrected chi connectivity index (χ4v) is 3.52. The average Bonchev–Trinajstić information content (AvgIpc) is 3.09. The molecule has 9 unspecified atom stereocenters. The van der Waals surface area contributed by atoms with Gasteiger partial charge in [-0.05, 0) is 17.7 Å². The van der Waals surface area contributed by atoms with Crippen molar-refractivity contribution in [3.05, 3.63) is 29.8 Å². The lowest BCUT2D eigenvalue weighted by atomic mass is 9.99. The van der Waals surface area contributed by atoms with Gasteiger partial charge in [-0.15, -0.1) is 0 Å². The molecule has 0 aromatic heterocycles. The van der Waals surface area contributed by atoms with Crippen molar-refractivity contribution in [1.29, 1.82) is 0 Å². The monoisotopic (exact) mass is 474 g/mol. The van der Waals surface area contributed by atoms with Crippen LogP contribution in [0.4, 0.5) is 0 Å². The summed E-state index contributed by atoms with van der Waals surface area (Å²) in [5.74, 6) is 0.306. The first-order valence-corrected chi connectivity index (χ1v) is 10.4. The predicted molar refractivity (Wildman–Crippen MR) is 110 cm³/mol. The number of aliphatic hydroxyl groups excluding tert-OH is 6. The standard InChI is InChI=1S/C21H30O12/c1-29-12-7-10(4-5-11(12)23)3-2-6-30-20-19(28)17(26)16(25)14(33-20)9-31-21-18(27)15(24)13(8-22)32-21/h2-5,7,13-28H,6,8-9H2,1H3. The minimum Gasteiger partial charge on any atom is -0.504 e. The fourth-order valence-electron chi connectivity index (χ4n) is 3.52. The van der Waals surface area contributed by atoms with Crippen LogP contribution in [0.25, 0.3) is 6.08 Å². The number of methoxy groups -OCH3 is 1. The van der Waals surface area contributed by atoms with E-state index in [1.807, 2.05) is 0 Å². The maximum atomic E-state index is 10.2. The van der Waals surface area contributed by atoms with Gasteiger partial charge in [0.05, 0.1) is 26.9 Å². The highest BCUT2D eigenvalue weighted by molar-refractivity contribution is 5.55. The summed E-state index contributed by atoms with van der Waals surface area (Å²) in [6, 6.07) is 4.75. The maximum Gasteiger partial charge on any atom is 0.187 e. The molecule has 1 aromatic rings. The van der Waals surface area contributed by atoms with Crippen molar-refractivity contribution >= 4 is 6.08 Å². The molecule has 186 valence electrons. The van der Waals surface area contributed by atoms with Crippen molar-refractivity contribution in [3.8, 4) is 11.5 Å². The van der Waals surface area contributed by atoms with E-state index in [9.17, 15) is 30.6 Å². The largest absolute Gasteiger partial charge is 0.504 e. The second-order valence-corrected chi connectivity index (χ2v) is 7.72. The Morgan fingerprint density at radius 2 is 1.52 bits per heavy atom. The minimum absolute atomic E-state index is 0.00217. The number of phenols is 1. The van der Waals surface area contributed by atoms with Crippen LogP contribution in [-0.2, 0) is 18.9 Å². The Balaban J connectivity index is 1.53. The molecule has 2 aliphatic heterocycles. The zero-order chi connectivity index (χ0) is 24.1. The molecule has 7 N–H and O–H groups in total. The highest BCUT2D eigenvalue weighted by atomic mass is 16.7. The summed E-state index contributed by atoms with van der Waals surface area (Å²) in [5, 5.41) is 69.0. The van der Waals surface area contributed by atoms with Crippen LogP contribution in [0.2, 0.25) is 0 Å². The Labute approximate surface area is 189 Å². The number of hydrogen-bond donors (Lipinski definition) is 7. The van der Waals surface area contributed by atoms with Crippen molar-refractivity contribution in [2.24, 2.45) is 0 Å². The molecular weight excluding hydrogens is 444 g/mol. The van der Waals surface area contributed by atoms with E-state index in [-0.39, 0.29) is 19.0 Å². The predicted octanol–water partition coefficient (Wildman–Crippen LogP) is -2.31. The molecule has 0 saturated carbocycles. The van der Waals surface area contributed by atoms with Crippen molar-refractivity contribution in [2.75, 3.05) is 26.9 Å². The molecule has 0 radical (unpaired) electrons. The third-order valence-corrected chi connectivity index (χ3v) is 5.46. The summed E-state index contributed by atoms with van der Waals surface area (Å²) >= 11 is 0. The number of hydrogen-bond acceptors (Lipinski definition) is 12. The molecule has 2 fully saturated rings. The number of aliphatic hydroxyl groups is 6. The van der Waals surface area contributed by atoms with Crippen LogP contribution in [0.15, 0.2) is 24.3 Å². The third kappa shape index (κ3) is 6.00. The molecule has 12 nitrogen and oxygen atoms in total. The van der Waals surface area contributed by atoms with Gasteiger partial charge >= 0.3 is 0 Å². The lowest BCUT2D eigenvalue weighted by Gasteiger charge is -2.40. The highest BCUT2D eigenvalue weighted by Gasteiger charge is 2.47. The molecule has 0 bridgehead atoms. The molecule has 2 saturated heterocycles. The van der Waals surface area contributed by atoms with Crippen molar-refractivity contribution in [1.82, 2.24) is 0 Å². The smallest absolute Gasteiger partial charge is 0.187 e.